The molecule has 3 nitrogen and oxygen atoms in total. The molecule has 21 heavy (non-hydrogen) atoms. The van der Waals surface area contributed by atoms with E-state index in [0.29, 0.717) is 16.0 Å². The highest BCUT2D eigenvalue weighted by atomic mass is 79.9. The Bertz CT molecular complexity index is 499. The number of piperidine rings is 1. The zero-order chi connectivity index (χ0) is 15.4. The number of carbonyl (C=O) groups is 1. The van der Waals surface area contributed by atoms with Crippen LogP contribution >= 0.6 is 15.9 Å². The molecule has 0 aromatic heterocycles. The first-order valence-corrected chi connectivity index (χ1v) is 8.23. The quantitative estimate of drug-likeness (QED) is 0.895. The minimum absolute atomic E-state index is 0.135. The monoisotopic (exact) mass is 356 g/mol. The molecule has 116 valence electrons. The zero-order valence-corrected chi connectivity index (χ0v) is 14.1. The molecule has 0 spiro atoms. The maximum atomic E-state index is 13.0. The van der Waals surface area contributed by atoms with Crippen LogP contribution in [0.3, 0.4) is 0 Å². The minimum Gasteiger partial charge on any atom is -0.349 e. The van der Waals surface area contributed by atoms with Crippen molar-refractivity contribution >= 4 is 21.8 Å². The van der Waals surface area contributed by atoms with E-state index in [1.54, 1.807) is 0 Å². The second kappa shape index (κ2) is 7.36. The van der Waals surface area contributed by atoms with Crippen LogP contribution in [0.1, 0.15) is 37.0 Å². The fourth-order valence-corrected chi connectivity index (χ4v) is 3.24. The fourth-order valence-electron chi connectivity index (χ4n) is 2.71. The molecule has 0 radical (unpaired) electrons. The Hall–Kier alpha value is -0.940. The van der Waals surface area contributed by atoms with Gasteiger partial charge in [-0.15, -0.1) is 0 Å². The van der Waals surface area contributed by atoms with Gasteiger partial charge in [-0.05, 0) is 52.9 Å². The fraction of sp³-hybridized carbons (Fsp3) is 0.562. The van der Waals surface area contributed by atoms with E-state index >= 15 is 0 Å². The summed E-state index contributed by atoms with van der Waals surface area (Å²) in [5, 5.41) is 3.05. The summed E-state index contributed by atoms with van der Waals surface area (Å²) >= 11 is 3.24. The Morgan fingerprint density at radius 3 is 2.67 bits per heavy atom. The first-order chi connectivity index (χ1) is 9.95. The van der Waals surface area contributed by atoms with Crippen molar-refractivity contribution in [2.75, 3.05) is 19.6 Å². The van der Waals surface area contributed by atoms with Crippen LogP contribution in [0.15, 0.2) is 22.7 Å². The smallest absolute Gasteiger partial charge is 0.252 e. The predicted octanol–water partition coefficient (Wildman–Crippen LogP) is 3.44. The van der Waals surface area contributed by atoms with Gasteiger partial charge in [0.15, 0.2) is 0 Å². The molecule has 1 aromatic carbocycles. The normalized spacial score (nSPS) is 17.2. The van der Waals surface area contributed by atoms with Gasteiger partial charge in [-0.25, -0.2) is 4.39 Å². The van der Waals surface area contributed by atoms with E-state index in [1.807, 2.05) is 0 Å². The topological polar surface area (TPSA) is 32.3 Å². The van der Waals surface area contributed by atoms with Gasteiger partial charge in [0, 0.05) is 30.1 Å². The second-order valence-corrected chi connectivity index (χ2v) is 6.92. The average molecular weight is 357 g/mol. The van der Waals surface area contributed by atoms with E-state index in [-0.39, 0.29) is 17.8 Å². The molecule has 0 saturated carbocycles. The van der Waals surface area contributed by atoms with E-state index < -0.39 is 0 Å². The summed E-state index contributed by atoms with van der Waals surface area (Å²) in [7, 11) is 0. The molecule has 0 atom stereocenters. The number of nitrogens with zero attached hydrogens (tertiary/aromatic N) is 1. The lowest BCUT2D eigenvalue weighted by atomic mass is 10.0. The van der Waals surface area contributed by atoms with Gasteiger partial charge < -0.3 is 10.2 Å². The van der Waals surface area contributed by atoms with E-state index in [1.165, 1.54) is 18.2 Å². The van der Waals surface area contributed by atoms with Crippen molar-refractivity contribution in [1.82, 2.24) is 10.2 Å². The SMILES string of the molecule is CC(C)CN1CCC(NC(=O)c2ccc(F)cc2Br)CC1. The molecule has 2 rings (SSSR count). The number of nitrogens with one attached hydrogen (secondary N) is 1. The maximum absolute atomic E-state index is 13.0. The first kappa shape index (κ1) is 16.4. The standard InChI is InChI=1S/C16H22BrFN2O/c1-11(2)10-20-7-5-13(6-8-20)19-16(21)14-4-3-12(18)9-15(14)17/h3-4,9,11,13H,5-8,10H2,1-2H3,(H,19,21). The number of carbonyl (C=O) groups excluding carboxylic acids is 1. The van der Waals surface area contributed by atoms with Crippen LogP contribution in [0, 0.1) is 11.7 Å². The van der Waals surface area contributed by atoms with Crippen molar-refractivity contribution in [2.24, 2.45) is 5.92 Å². The van der Waals surface area contributed by atoms with Crippen molar-refractivity contribution in [3.8, 4) is 0 Å². The average Bonchev–Trinajstić information content (AvgIpc) is 2.40. The molecular weight excluding hydrogens is 335 g/mol. The number of likely N-dealkylation sites (tertiary alicyclic amines) is 1. The summed E-state index contributed by atoms with van der Waals surface area (Å²) < 4.78 is 13.5. The molecule has 0 bridgehead atoms. The summed E-state index contributed by atoms with van der Waals surface area (Å²) in [5.74, 6) is 0.191. The molecule has 0 aliphatic carbocycles. The number of hydrogen-bond acceptors (Lipinski definition) is 2. The van der Waals surface area contributed by atoms with Crippen molar-refractivity contribution in [2.45, 2.75) is 32.7 Å². The largest absolute Gasteiger partial charge is 0.349 e. The molecule has 1 aromatic rings. The Kier molecular flexibility index (Phi) is 5.76. The van der Waals surface area contributed by atoms with Crippen LogP contribution in [0.25, 0.3) is 0 Å². The highest BCUT2D eigenvalue weighted by Gasteiger charge is 2.22. The predicted molar refractivity (Wildman–Crippen MR) is 85.9 cm³/mol. The maximum Gasteiger partial charge on any atom is 0.252 e. The molecular formula is C16H22BrFN2O. The first-order valence-electron chi connectivity index (χ1n) is 7.44. The van der Waals surface area contributed by atoms with Gasteiger partial charge >= 0.3 is 0 Å². The molecule has 1 saturated heterocycles. The highest BCUT2D eigenvalue weighted by Crippen LogP contribution is 2.19. The van der Waals surface area contributed by atoms with Crippen molar-refractivity contribution in [3.63, 3.8) is 0 Å². The number of amides is 1. The zero-order valence-electron chi connectivity index (χ0n) is 12.5. The molecule has 1 fully saturated rings. The number of hydrogen-bond donors (Lipinski definition) is 1. The Labute approximate surface area is 134 Å². The van der Waals surface area contributed by atoms with Gasteiger partial charge in [0.25, 0.3) is 5.91 Å². The van der Waals surface area contributed by atoms with Gasteiger partial charge in [0.2, 0.25) is 0 Å². The lowest BCUT2D eigenvalue weighted by molar-refractivity contribution is 0.0906. The van der Waals surface area contributed by atoms with Crippen molar-refractivity contribution in [1.29, 1.82) is 0 Å². The van der Waals surface area contributed by atoms with Gasteiger partial charge in [0.05, 0.1) is 5.56 Å². The van der Waals surface area contributed by atoms with Crippen LogP contribution in [0.5, 0.6) is 0 Å². The van der Waals surface area contributed by atoms with Gasteiger partial charge in [0.1, 0.15) is 5.82 Å². The minimum atomic E-state index is -0.347. The summed E-state index contributed by atoms with van der Waals surface area (Å²) in [4.78, 5) is 14.7. The van der Waals surface area contributed by atoms with Crippen molar-refractivity contribution < 1.29 is 9.18 Å². The van der Waals surface area contributed by atoms with Crippen LogP contribution in [0.2, 0.25) is 0 Å². The Morgan fingerprint density at radius 1 is 1.43 bits per heavy atom. The third-order valence-electron chi connectivity index (χ3n) is 3.72. The van der Waals surface area contributed by atoms with Crippen LogP contribution in [-0.4, -0.2) is 36.5 Å². The van der Waals surface area contributed by atoms with Gasteiger partial charge in [-0.1, -0.05) is 13.8 Å². The molecule has 0 unspecified atom stereocenters. The third-order valence-corrected chi connectivity index (χ3v) is 4.38. The second-order valence-electron chi connectivity index (χ2n) is 6.07. The number of rotatable bonds is 4. The van der Waals surface area contributed by atoms with Crippen LogP contribution in [0.4, 0.5) is 4.39 Å². The lowest BCUT2D eigenvalue weighted by Crippen LogP contribution is -2.45. The Morgan fingerprint density at radius 2 is 2.10 bits per heavy atom. The summed E-state index contributed by atoms with van der Waals surface area (Å²) in [5.41, 5.74) is 0.487. The molecule has 1 amide bonds. The van der Waals surface area contributed by atoms with Crippen LogP contribution < -0.4 is 5.32 Å². The summed E-state index contributed by atoms with van der Waals surface area (Å²) in [6.45, 7) is 7.60. The molecule has 1 heterocycles. The van der Waals surface area contributed by atoms with Crippen molar-refractivity contribution in [3.05, 3.63) is 34.1 Å². The lowest BCUT2D eigenvalue weighted by Gasteiger charge is -2.33. The van der Waals surface area contributed by atoms with Crippen LogP contribution in [-0.2, 0) is 0 Å². The van der Waals surface area contributed by atoms with E-state index in [2.05, 4.69) is 40.0 Å². The van der Waals surface area contributed by atoms with Gasteiger partial charge in [-0.3, -0.25) is 4.79 Å². The highest BCUT2D eigenvalue weighted by molar-refractivity contribution is 9.10. The summed E-state index contributed by atoms with van der Waals surface area (Å²) in [6, 6.07) is 4.35. The third kappa shape index (κ3) is 4.78. The number of halogens is 2. The molecule has 5 heteroatoms. The van der Waals surface area contributed by atoms with E-state index in [9.17, 15) is 9.18 Å². The molecule has 1 aliphatic heterocycles. The molecule has 1 N–H and O–H groups in total. The molecule has 1 aliphatic rings. The number of benzene rings is 1. The van der Waals surface area contributed by atoms with E-state index in [4.69, 9.17) is 0 Å². The summed E-state index contributed by atoms with van der Waals surface area (Å²) in [6.07, 6.45) is 1.94. The Balaban J connectivity index is 1.87. The van der Waals surface area contributed by atoms with Gasteiger partial charge in [-0.2, -0.15) is 0 Å². The van der Waals surface area contributed by atoms with E-state index in [0.717, 1.165) is 32.5 Å².